The molecule has 0 bridgehead atoms. The summed E-state index contributed by atoms with van der Waals surface area (Å²) in [6, 6.07) is 43.8. The number of esters is 1. The van der Waals surface area contributed by atoms with Gasteiger partial charge in [-0.3, -0.25) is 19.4 Å². The third kappa shape index (κ3) is 6.36. The first-order chi connectivity index (χ1) is 25.3. The maximum atomic E-state index is 14.6. The second-order valence-corrected chi connectivity index (χ2v) is 12.8. The van der Waals surface area contributed by atoms with Gasteiger partial charge >= 0.3 is 5.97 Å². The van der Waals surface area contributed by atoms with Gasteiger partial charge in [-0.25, -0.2) is 4.79 Å². The summed E-state index contributed by atoms with van der Waals surface area (Å²) in [7, 11) is 0. The number of benzene rings is 5. The molecule has 1 aromatic heterocycles. The average Bonchev–Trinajstić information content (AvgIpc) is 3.55. The topological polar surface area (TPSA) is 71.8 Å². The van der Waals surface area contributed by atoms with Gasteiger partial charge in [0.05, 0.1) is 34.9 Å². The van der Waals surface area contributed by atoms with Crippen LogP contribution in [0, 0.1) is 13.8 Å². The maximum absolute atomic E-state index is 14.6. The van der Waals surface area contributed by atoms with Gasteiger partial charge in [0.1, 0.15) is 5.57 Å². The number of rotatable bonds is 8. The molecule has 1 fully saturated rings. The number of hydrogen-bond donors (Lipinski definition) is 0. The van der Waals surface area contributed by atoms with Crippen molar-refractivity contribution in [3.8, 4) is 28.2 Å². The third-order valence-electron chi connectivity index (χ3n) is 9.10. The van der Waals surface area contributed by atoms with Crippen molar-refractivity contribution in [2.75, 3.05) is 16.4 Å². The number of aromatic nitrogens is 1. The molecule has 2 heterocycles. The summed E-state index contributed by atoms with van der Waals surface area (Å²) in [6.07, 6.45) is 1.68. The number of carbonyl (C=O) groups is 3. The first kappa shape index (κ1) is 34.1. The zero-order chi connectivity index (χ0) is 36.4. The molecule has 0 radical (unpaired) electrons. The summed E-state index contributed by atoms with van der Waals surface area (Å²) < 4.78 is 7.32. The van der Waals surface area contributed by atoms with Crippen molar-refractivity contribution >= 4 is 52.6 Å². The number of hydrogen-bond acceptors (Lipinski definition) is 5. The maximum Gasteiger partial charge on any atom is 0.338 e. The highest BCUT2D eigenvalue weighted by Crippen LogP contribution is 2.39. The van der Waals surface area contributed by atoms with E-state index in [1.165, 1.54) is 9.80 Å². The Morgan fingerprint density at radius 2 is 1.21 bits per heavy atom. The van der Waals surface area contributed by atoms with Crippen molar-refractivity contribution in [1.29, 1.82) is 0 Å². The van der Waals surface area contributed by atoms with Crippen molar-refractivity contribution in [3.63, 3.8) is 0 Å². The lowest BCUT2D eigenvalue weighted by molar-refractivity contribution is -0.120. The molecule has 7 nitrogen and oxygen atoms in total. The average molecular weight is 702 g/mol. The number of anilines is 2. The molecule has 1 saturated heterocycles. The second-order valence-electron chi connectivity index (χ2n) is 12.4. The molecule has 1 aliphatic heterocycles. The van der Waals surface area contributed by atoms with Gasteiger partial charge in [0.15, 0.2) is 5.11 Å². The van der Waals surface area contributed by atoms with Crippen LogP contribution < -0.4 is 9.80 Å². The van der Waals surface area contributed by atoms with E-state index >= 15 is 0 Å². The van der Waals surface area contributed by atoms with E-state index in [1.54, 1.807) is 37.3 Å². The molecule has 7 rings (SSSR count). The van der Waals surface area contributed by atoms with E-state index in [0.717, 1.165) is 39.3 Å². The van der Waals surface area contributed by atoms with E-state index in [1.807, 2.05) is 129 Å². The fourth-order valence-electron chi connectivity index (χ4n) is 6.36. The first-order valence-electron chi connectivity index (χ1n) is 17.0. The van der Waals surface area contributed by atoms with Gasteiger partial charge in [0, 0.05) is 11.3 Å². The van der Waals surface area contributed by atoms with Crippen LogP contribution >= 0.6 is 12.2 Å². The SMILES string of the molecule is CCOC(=O)c1ccc(-n2c(-c3ccccc3)cc(/C=C3/C(=O)N(c4ccccc4)C(=S)N(c4ccc(C)c(C)c4)C3=O)c2-c2ccccc2)cc1. The highest BCUT2D eigenvalue weighted by atomic mass is 32.1. The van der Waals surface area contributed by atoms with Crippen LogP contribution in [0.2, 0.25) is 0 Å². The Labute approximate surface area is 308 Å². The largest absolute Gasteiger partial charge is 0.462 e. The molecule has 0 unspecified atom stereocenters. The number of nitrogens with zero attached hydrogens (tertiary/aromatic N) is 3. The minimum atomic E-state index is -0.520. The molecule has 2 amide bonds. The quantitative estimate of drug-likeness (QED) is 0.0685. The summed E-state index contributed by atoms with van der Waals surface area (Å²) in [5.74, 6) is -1.44. The predicted octanol–water partition coefficient (Wildman–Crippen LogP) is 9.35. The van der Waals surface area contributed by atoms with Gasteiger partial charge < -0.3 is 9.30 Å². The molecule has 0 saturated carbocycles. The normalized spacial score (nSPS) is 13.9. The van der Waals surface area contributed by atoms with Crippen LogP contribution in [0.3, 0.4) is 0 Å². The van der Waals surface area contributed by atoms with Crippen molar-refractivity contribution in [2.24, 2.45) is 0 Å². The molecule has 1 aliphatic rings. The number of thiocarbonyl (C=S) groups is 1. The Balaban J connectivity index is 1.48. The smallest absolute Gasteiger partial charge is 0.338 e. The lowest BCUT2D eigenvalue weighted by atomic mass is 10.0. The second kappa shape index (κ2) is 14.5. The lowest BCUT2D eigenvalue weighted by Crippen LogP contribution is -2.57. The zero-order valence-electron chi connectivity index (χ0n) is 28.9. The van der Waals surface area contributed by atoms with Crippen LogP contribution in [0.5, 0.6) is 0 Å². The number of aryl methyl sites for hydroxylation is 2. The number of para-hydroxylation sites is 1. The van der Waals surface area contributed by atoms with E-state index in [9.17, 15) is 14.4 Å². The van der Waals surface area contributed by atoms with E-state index in [0.29, 0.717) is 22.5 Å². The van der Waals surface area contributed by atoms with Gasteiger partial charge in [-0.1, -0.05) is 84.9 Å². The number of amides is 2. The highest BCUT2D eigenvalue weighted by molar-refractivity contribution is 7.81. The number of carbonyl (C=O) groups excluding carboxylic acids is 3. The van der Waals surface area contributed by atoms with Gasteiger partial charge in [0.2, 0.25) is 0 Å². The fraction of sp³-hybridized carbons (Fsp3) is 0.0909. The summed E-state index contributed by atoms with van der Waals surface area (Å²) in [5.41, 5.74) is 8.38. The van der Waals surface area contributed by atoms with Crippen LogP contribution in [0.4, 0.5) is 11.4 Å². The molecule has 5 aromatic carbocycles. The van der Waals surface area contributed by atoms with Crippen molar-refractivity contribution in [1.82, 2.24) is 4.57 Å². The Bertz CT molecular complexity index is 2350. The molecular weight excluding hydrogens is 667 g/mol. The molecule has 6 aromatic rings. The molecule has 0 atom stereocenters. The standard InChI is InChI=1S/C44H35N3O4S/c1-4-51-43(50)33-21-24-36(25-22-33)45-39(31-14-8-5-9-15-31)28-34(40(45)32-16-10-6-11-17-32)27-38-41(48)46(35-18-12-7-13-19-35)44(52)47(42(38)49)37-23-20-29(2)30(3)26-37/h5-28H,4H2,1-3H3/b38-27-. The Morgan fingerprint density at radius 3 is 1.81 bits per heavy atom. The summed E-state index contributed by atoms with van der Waals surface area (Å²) in [5, 5.41) is 0.0779. The monoisotopic (exact) mass is 701 g/mol. The van der Waals surface area contributed by atoms with E-state index < -0.39 is 17.8 Å². The van der Waals surface area contributed by atoms with E-state index in [2.05, 4.69) is 4.57 Å². The summed E-state index contributed by atoms with van der Waals surface area (Å²) >= 11 is 5.91. The Hall–Kier alpha value is -6.38. The zero-order valence-corrected chi connectivity index (χ0v) is 29.8. The minimum absolute atomic E-state index is 0.0396. The van der Waals surface area contributed by atoms with E-state index in [-0.39, 0.29) is 17.3 Å². The van der Waals surface area contributed by atoms with Crippen LogP contribution in [0.1, 0.15) is 34.0 Å². The van der Waals surface area contributed by atoms with Gasteiger partial charge in [0.25, 0.3) is 11.8 Å². The van der Waals surface area contributed by atoms with Crippen molar-refractivity contribution < 1.29 is 19.1 Å². The Morgan fingerprint density at radius 1 is 0.654 bits per heavy atom. The van der Waals surface area contributed by atoms with Crippen LogP contribution in [0.25, 0.3) is 34.3 Å². The van der Waals surface area contributed by atoms with Crippen LogP contribution in [0.15, 0.2) is 145 Å². The molecule has 0 N–H and O–H groups in total. The predicted molar refractivity (Wildman–Crippen MR) is 211 cm³/mol. The van der Waals surface area contributed by atoms with Gasteiger partial charge in [-0.15, -0.1) is 0 Å². The molecule has 8 heteroatoms. The third-order valence-corrected chi connectivity index (χ3v) is 9.46. The Kier molecular flexibility index (Phi) is 9.48. The van der Waals surface area contributed by atoms with Crippen LogP contribution in [-0.4, -0.2) is 34.1 Å². The first-order valence-corrected chi connectivity index (χ1v) is 17.4. The minimum Gasteiger partial charge on any atom is -0.462 e. The van der Waals surface area contributed by atoms with Crippen molar-refractivity contribution in [3.05, 3.63) is 167 Å². The summed E-state index contributed by atoms with van der Waals surface area (Å²) in [4.78, 5) is 44.6. The fourth-order valence-corrected chi connectivity index (χ4v) is 6.74. The molecule has 0 aliphatic carbocycles. The molecule has 256 valence electrons. The van der Waals surface area contributed by atoms with Crippen LogP contribution in [-0.2, 0) is 14.3 Å². The van der Waals surface area contributed by atoms with Gasteiger partial charge in [-0.05, 0) is 116 Å². The molecular formula is C44H35N3O4S. The lowest BCUT2D eigenvalue weighted by Gasteiger charge is -2.36. The number of ether oxygens (including phenoxy) is 1. The van der Waals surface area contributed by atoms with Crippen molar-refractivity contribution in [2.45, 2.75) is 20.8 Å². The van der Waals surface area contributed by atoms with E-state index in [4.69, 9.17) is 17.0 Å². The highest BCUT2D eigenvalue weighted by Gasteiger charge is 2.41. The summed E-state index contributed by atoms with van der Waals surface area (Å²) in [6.45, 7) is 6.03. The molecule has 0 spiro atoms. The van der Waals surface area contributed by atoms with Gasteiger partial charge in [-0.2, -0.15) is 0 Å². The molecule has 52 heavy (non-hydrogen) atoms.